The highest BCUT2D eigenvalue weighted by atomic mass is 32.2. The molecule has 1 atom stereocenters. The summed E-state index contributed by atoms with van der Waals surface area (Å²) in [5.74, 6) is 6.47. The summed E-state index contributed by atoms with van der Waals surface area (Å²) < 4.78 is 6.64. The van der Waals surface area contributed by atoms with Gasteiger partial charge in [-0.2, -0.15) is 11.8 Å². The molecule has 2 saturated heterocycles. The summed E-state index contributed by atoms with van der Waals surface area (Å²) in [4.78, 5) is 11.7. The van der Waals surface area contributed by atoms with E-state index in [2.05, 4.69) is 44.6 Å². The van der Waals surface area contributed by atoms with Crippen molar-refractivity contribution in [2.24, 2.45) is 0 Å². The molecule has 0 amide bonds. The van der Waals surface area contributed by atoms with Crippen molar-refractivity contribution in [2.45, 2.75) is 37.7 Å². The maximum Gasteiger partial charge on any atom is 0.147 e. The summed E-state index contributed by atoms with van der Waals surface area (Å²) in [5, 5.41) is 7.05. The van der Waals surface area contributed by atoms with E-state index in [0.29, 0.717) is 11.8 Å². The number of nitrogens with zero attached hydrogens (tertiary/aromatic N) is 3. The van der Waals surface area contributed by atoms with Crippen molar-refractivity contribution in [2.75, 3.05) is 47.9 Å². The number of fused-ring (bicyclic) bond motifs is 2. The number of hydrogen-bond acceptors (Lipinski definition) is 7. The summed E-state index contributed by atoms with van der Waals surface area (Å²) in [6.07, 6.45) is 4.14. The zero-order valence-corrected chi connectivity index (χ0v) is 17.6. The van der Waals surface area contributed by atoms with Crippen LogP contribution in [-0.2, 0) is 0 Å². The predicted octanol–water partition coefficient (Wildman–Crippen LogP) is 3.79. The first-order valence-corrected chi connectivity index (χ1v) is 11.9. The molecular formula is C22H27N5OS. The first-order chi connectivity index (χ1) is 14.3. The number of thioether (sulfide) groups is 1. The second-order valence-electron chi connectivity index (χ2n) is 8.56. The minimum atomic E-state index is -0.0850. The summed E-state index contributed by atoms with van der Waals surface area (Å²) >= 11 is 2.01. The zero-order valence-electron chi connectivity index (χ0n) is 16.8. The summed E-state index contributed by atoms with van der Waals surface area (Å²) in [5.41, 5.74) is 4.95. The normalized spacial score (nSPS) is 23.9. The van der Waals surface area contributed by atoms with Gasteiger partial charge in [0.05, 0.1) is 11.3 Å². The maximum absolute atomic E-state index is 6.64. The van der Waals surface area contributed by atoms with Gasteiger partial charge in [-0.05, 0) is 42.9 Å². The summed E-state index contributed by atoms with van der Waals surface area (Å²) in [6, 6.07) is 4.69. The fourth-order valence-electron chi connectivity index (χ4n) is 4.61. The number of aromatic nitrogens is 2. The predicted molar refractivity (Wildman–Crippen MR) is 118 cm³/mol. The zero-order chi connectivity index (χ0) is 19.4. The van der Waals surface area contributed by atoms with Crippen LogP contribution in [0.1, 0.15) is 54.4 Å². The average molecular weight is 410 g/mol. The molecule has 1 saturated carbocycles. The lowest BCUT2D eigenvalue weighted by Gasteiger charge is -2.30. The standard InChI is InChI=1S/C22H27N5OS/c1-13-19-21(24-12-25-22(19)27-4-6-29-7-5-27)26-18-9-15(16-10-23-11-16)8-17(14-2-3-14)20(18)28-13/h8-9,12-14,16,23H,2-7,10-11H2,1H3,(H,24,25,26). The van der Waals surface area contributed by atoms with Crippen LogP contribution in [0.25, 0.3) is 0 Å². The van der Waals surface area contributed by atoms with Gasteiger partial charge in [0.15, 0.2) is 0 Å². The third kappa shape index (κ3) is 3.15. The minimum Gasteiger partial charge on any atom is -0.483 e. The lowest BCUT2D eigenvalue weighted by Crippen LogP contribution is -2.39. The molecule has 1 unspecified atom stereocenters. The molecule has 2 N–H and O–H groups in total. The highest BCUT2D eigenvalue weighted by Gasteiger charge is 2.35. The molecule has 4 heterocycles. The van der Waals surface area contributed by atoms with Crippen LogP contribution in [-0.4, -0.2) is 47.7 Å². The van der Waals surface area contributed by atoms with Crippen molar-refractivity contribution in [3.63, 3.8) is 0 Å². The Morgan fingerprint density at radius 3 is 2.66 bits per heavy atom. The maximum atomic E-state index is 6.64. The quantitative estimate of drug-likeness (QED) is 0.800. The van der Waals surface area contributed by atoms with Gasteiger partial charge in [-0.25, -0.2) is 9.97 Å². The molecule has 1 aromatic carbocycles. The molecule has 152 valence electrons. The molecule has 0 spiro atoms. The second kappa shape index (κ2) is 7.06. The van der Waals surface area contributed by atoms with E-state index in [0.717, 1.165) is 66.3 Å². The van der Waals surface area contributed by atoms with Gasteiger partial charge in [0.2, 0.25) is 0 Å². The Kier molecular flexibility index (Phi) is 4.34. The Balaban J connectivity index is 1.44. The van der Waals surface area contributed by atoms with Gasteiger partial charge in [-0.3, -0.25) is 0 Å². The topological polar surface area (TPSA) is 62.3 Å². The van der Waals surface area contributed by atoms with Crippen LogP contribution in [0.15, 0.2) is 18.5 Å². The van der Waals surface area contributed by atoms with E-state index < -0.39 is 0 Å². The average Bonchev–Trinajstić information content (AvgIpc) is 3.54. The van der Waals surface area contributed by atoms with Gasteiger partial charge in [0.1, 0.15) is 29.8 Å². The molecule has 2 aromatic rings. The van der Waals surface area contributed by atoms with Crippen molar-refractivity contribution in [1.82, 2.24) is 15.3 Å². The van der Waals surface area contributed by atoms with Crippen LogP contribution in [0.5, 0.6) is 5.75 Å². The van der Waals surface area contributed by atoms with E-state index in [1.165, 1.54) is 24.0 Å². The molecule has 1 aliphatic carbocycles. The largest absolute Gasteiger partial charge is 0.483 e. The fraction of sp³-hybridized carbons (Fsp3) is 0.545. The molecular weight excluding hydrogens is 382 g/mol. The van der Waals surface area contributed by atoms with E-state index >= 15 is 0 Å². The lowest BCUT2D eigenvalue weighted by atomic mass is 9.90. The van der Waals surface area contributed by atoms with E-state index in [9.17, 15) is 0 Å². The third-order valence-corrected chi connectivity index (χ3v) is 7.48. The van der Waals surface area contributed by atoms with Gasteiger partial charge < -0.3 is 20.3 Å². The first-order valence-electron chi connectivity index (χ1n) is 10.8. The number of hydrogen-bond donors (Lipinski definition) is 2. The van der Waals surface area contributed by atoms with Crippen LogP contribution in [0.4, 0.5) is 17.3 Å². The van der Waals surface area contributed by atoms with Crippen LogP contribution in [0.3, 0.4) is 0 Å². The number of nitrogens with one attached hydrogen (secondary N) is 2. The monoisotopic (exact) mass is 409 g/mol. The van der Waals surface area contributed by atoms with E-state index in [-0.39, 0.29) is 6.10 Å². The van der Waals surface area contributed by atoms with Crippen molar-refractivity contribution >= 4 is 29.1 Å². The Bertz CT molecular complexity index is 937. The van der Waals surface area contributed by atoms with Crippen LogP contribution < -0.4 is 20.3 Å². The van der Waals surface area contributed by atoms with Crippen LogP contribution >= 0.6 is 11.8 Å². The van der Waals surface area contributed by atoms with Gasteiger partial charge in [0, 0.05) is 43.6 Å². The fourth-order valence-corrected chi connectivity index (χ4v) is 5.51. The van der Waals surface area contributed by atoms with Gasteiger partial charge in [0.25, 0.3) is 0 Å². The first kappa shape index (κ1) is 17.8. The molecule has 3 fully saturated rings. The Morgan fingerprint density at radius 2 is 1.93 bits per heavy atom. The highest BCUT2D eigenvalue weighted by Crippen LogP contribution is 2.51. The smallest absolute Gasteiger partial charge is 0.147 e. The van der Waals surface area contributed by atoms with E-state index in [1.807, 2.05) is 11.8 Å². The molecule has 7 heteroatoms. The Hall–Kier alpha value is -1.99. The minimum absolute atomic E-state index is 0.0850. The molecule has 3 aliphatic heterocycles. The van der Waals surface area contributed by atoms with Crippen molar-refractivity contribution in [3.8, 4) is 5.75 Å². The van der Waals surface area contributed by atoms with Gasteiger partial charge in [-0.1, -0.05) is 6.07 Å². The number of benzene rings is 1. The SMILES string of the molecule is CC1Oc2c(cc(C3CNC3)cc2C2CC2)Nc2ncnc(N3CCSCC3)c21. The van der Waals surface area contributed by atoms with Crippen molar-refractivity contribution in [1.29, 1.82) is 0 Å². The summed E-state index contributed by atoms with van der Waals surface area (Å²) in [7, 11) is 0. The van der Waals surface area contributed by atoms with E-state index in [4.69, 9.17) is 4.74 Å². The number of anilines is 3. The van der Waals surface area contributed by atoms with Crippen LogP contribution in [0, 0.1) is 0 Å². The molecule has 0 bridgehead atoms. The van der Waals surface area contributed by atoms with E-state index in [1.54, 1.807) is 6.33 Å². The van der Waals surface area contributed by atoms with Gasteiger partial charge in [-0.15, -0.1) is 0 Å². The summed E-state index contributed by atoms with van der Waals surface area (Å²) in [6.45, 7) is 6.33. The Morgan fingerprint density at radius 1 is 1.10 bits per heavy atom. The van der Waals surface area contributed by atoms with Crippen LogP contribution in [0.2, 0.25) is 0 Å². The number of rotatable bonds is 3. The lowest BCUT2D eigenvalue weighted by molar-refractivity contribution is 0.228. The van der Waals surface area contributed by atoms with Crippen molar-refractivity contribution in [3.05, 3.63) is 35.2 Å². The number of ether oxygens (including phenoxy) is 1. The third-order valence-electron chi connectivity index (χ3n) is 6.54. The Labute approximate surface area is 175 Å². The van der Waals surface area contributed by atoms with Gasteiger partial charge >= 0.3 is 0 Å². The van der Waals surface area contributed by atoms with Crippen molar-refractivity contribution < 1.29 is 4.74 Å². The molecule has 0 radical (unpaired) electrons. The second-order valence-corrected chi connectivity index (χ2v) is 9.79. The molecule has 6 nitrogen and oxygen atoms in total. The highest BCUT2D eigenvalue weighted by molar-refractivity contribution is 7.99. The molecule has 4 aliphatic rings. The molecule has 29 heavy (non-hydrogen) atoms. The molecule has 1 aromatic heterocycles. The molecule has 6 rings (SSSR count).